The van der Waals surface area contributed by atoms with Crippen molar-refractivity contribution in [2.24, 2.45) is 5.92 Å². The normalized spacial score (nSPS) is 28.4. The molecular formula is C14H25N3O3. The van der Waals surface area contributed by atoms with E-state index in [9.17, 15) is 14.7 Å². The number of carbonyl (C=O) groups excluding carboxylic acids is 1. The standard InChI is InChI=1S/C14H25N3O3/c1-9(2)16(3)7-6-15-14(20)17-10-4-5-12(17)11(8-10)13(18)19/h9-12H,4-8H2,1-3H3,(H,15,20)(H,18,19). The molecule has 3 unspecified atom stereocenters. The summed E-state index contributed by atoms with van der Waals surface area (Å²) in [6.07, 6.45) is 2.37. The van der Waals surface area contributed by atoms with Crippen LogP contribution in [0.2, 0.25) is 0 Å². The van der Waals surface area contributed by atoms with Crippen molar-refractivity contribution < 1.29 is 14.7 Å². The van der Waals surface area contributed by atoms with Crippen molar-refractivity contribution in [2.75, 3.05) is 20.1 Å². The first-order chi connectivity index (χ1) is 9.41. The van der Waals surface area contributed by atoms with Gasteiger partial charge in [0.15, 0.2) is 0 Å². The topological polar surface area (TPSA) is 72.9 Å². The highest BCUT2D eigenvalue weighted by molar-refractivity contribution is 5.79. The van der Waals surface area contributed by atoms with Gasteiger partial charge in [-0.1, -0.05) is 0 Å². The van der Waals surface area contributed by atoms with Crippen molar-refractivity contribution in [2.45, 2.75) is 51.2 Å². The average Bonchev–Trinajstić information content (AvgIpc) is 2.95. The van der Waals surface area contributed by atoms with Crippen molar-refractivity contribution in [3.8, 4) is 0 Å². The molecule has 20 heavy (non-hydrogen) atoms. The number of carboxylic acids is 1. The maximum Gasteiger partial charge on any atom is 0.317 e. The SMILES string of the molecule is CC(C)N(C)CCNC(=O)N1C2CCC1C(C(=O)O)C2. The summed E-state index contributed by atoms with van der Waals surface area (Å²) in [6.45, 7) is 5.62. The van der Waals surface area contributed by atoms with Crippen LogP contribution in [0.3, 0.4) is 0 Å². The average molecular weight is 283 g/mol. The number of carbonyl (C=O) groups is 2. The highest BCUT2D eigenvalue weighted by Crippen LogP contribution is 2.41. The van der Waals surface area contributed by atoms with Gasteiger partial charge in [-0.2, -0.15) is 0 Å². The van der Waals surface area contributed by atoms with Crippen molar-refractivity contribution in [3.63, 3.8) is 0 Å². The largest absolute Gasteiger partial charge is 0.481 e. The molecule has 114 valence electrons. The van der Waals surface area contributed by atoms with Crippen LogP contribution in [0.5, 0.6) is 0 Å². The number of carboxylic acid groups (broad SMARTS) is 1. The van der Waals surface area contributed by atoms with Crippen LogP contribution in [0.4, 0.5) is 4.79 Å². The lowest BCUT2D eigenvalue weighted by molar-refractivity contribution is -0.142. The van der Waals surface area contributed by atoms with E-state index in [2.05, 4.69) is 24.1 Å². The molecule has 0 aromatic carbocycles. The number of fused-ring (bicyclic) bond motifs is 2. The molecule has 3 atom stereocenters. The third-order valence-corrected chi connectivity index (χ3v) is 4.71. The van der Waals surface area contributed by atoms with Crippen LogP contribution < -0.4 is 5.32 Å². The molecular weight excluding hydrogens is 258 g/mol. The molecule has 0 aromatic rings. The van der Waals surface area contributed by atoms with Crippen molar-refractivity contribution in [3.05, 3.63) is 0 Å². The summed E-state index contributed by atoms with van der Waals surface area (Å²) in [5.41, 5.74) is 0. The molecule has 0 radical (unpaired) electrons. The second kappa shape index (κ2) is 5.99. The van der Waals surface area contributed by atoms with E-state index in [1.54, 1.807) is 4.90 Å². The summed E-state index contributed by atoms with van der Waals surface area (Å²) in [5, 5.41) is 12.1. The van der Waals surface area contributed by atoms with Gasteiger partial charge in [-0.05, 0) is 40.2 Å². The first-order valence-electron chi connectivity index (χ1n) is 7.41. The minimum atomic E-state index is -0.769. The Bertz CT molecular complexity index is 386. The molecule has 0 aromatic heterocycles. The molecule has 2 saturated heterocycles. The molecule has 2 bridgehead atoms. The molecule has 6 heteroatoms. The van der Waals surface area contributed by atoms with Gasteiger partial charge in [0.2, 0.25) is 0 Å². The van der Waals surface area contributed by atoms with Crippen LogP contribution in [-0.2, 0) is 4.79 Å². The Labute approximate surface area is 120 Å². The van der Waals surface area contributed by atoms with Gasteiger partial charge in [-0.15, -0.1) is 0 Å². The monoisotopic (exact) mass is 283 g/mol. The second-order valence-electron chi connectivity index (χ2n) is 6.19. The fourth-order valence-electron chi connectivity index (χ4n) is 3.26. The van der Waals surface area contributed by atoms with Gasteiger partial charge < -0.3 is 20.2 Å². The minimum absolute atomic E-state index is 0.0987. The van der Waals surface area contributed by atoms with Gasteiger partial charge in [0.1, 0.15) is 0 Å². The lowest BCUT2D eigenvalue weighted by Crippen LogP contribution is -2.46. The number of urea groups is 1. The van der Waals surface area contributed by atoms with Crippen LogP contribution in [0, 0.1) is 5.92 Å². The Kier molecular flexibility index (Phi) is 4.52. The number of hydrogen-bond acceptors (Lipinski definition) is 3. The predicted octanol–water partition coefficient (Wildman–Crippen LogP) is 0.974. The smallest absolute Gasteiger partial charge is 0.317 e. The number of nitrogens with one attached hydrogen (secondary N) is 1. The molecule has 2 amide bonds. The van der Waals surface area contributed by atoms with Gasteiger partial charge in [-0.25, -0.2) is 4.79 Å². The summed E-state index contributed by atoms with van der Waals surface area (Å²) >= 11 is 0. The third kappa shape index (κ3) is 2.90. The number of amides is 2. The fourth-order valence-corrected chi connectivity index (χ4v) is 3.26. The highest BCUT2D eigenvalue weighted by Gasteiger charge is 2.51. The molecule has 2 aliphatic heterocycles. The number of aliphatic carboxylic acids is 1. The highest BCUT2D eigenvalue weighted by atomic mass is 16.4. The van der Waals surface area contributed by atoms with Crippen LogP contribution >= 0.6 is 0 Å². The maximum absolute atomic E-state index is 12.2. The Morgan fingerprint density at radius 2 is 2.10 bits per heavy atom. The van der Waals surface area contributed by atoms with E-state index in [0.717, 1.165) is 19.4 Å². The molecule has 2 aliphatic rings. The molecule has 2 N–H and O–H groups in total. The predicted molar refractivity (Wildman–Crippen MR) is 75.6 cm³/mol. The van der Waals surface area contributed by atoms with E-state index in [1.807, 2.05) is 7.05 Å². The lowest BCUT2D eigenvalue weighted by atomic mass is 9.89. The van der Waals surface area contributed by atoms with E-state index >= 15 is 0 Å². The Morgan fingerprint density at radius 1 is 1.40 bits per heavy atom. The summed E-state index contributed by atoms with van der Waals surface area (Å²) in [5.74, 6) is -1.15. The summed E-state index contributed by atoms with van der Waals surface area (Å²) in [4.78, 5) is 27.3. The fraction of sp³-hybridized carbons (Fsp3) is 0.857. The molecule has 0 saturated carbocycles. The molecule has 0 spiro atoms. The van der Waals surface area contributed by atoms with E-state index in [1.165, 1.54) is 0 Å². The number of nitrogens with zero attached hydrogens (tertiary/aromatic N) is 2. The molecule has 6 nitrogen and oxygen atoms in total. The van der Waals surface area contributed by atoms with Gasteiger partial charge in [-0.3, -0.25) is 4.79 Å². The maximum atomic E-state index is 12.2. The molecule has 2 heterocycles. The summed E-state index contributed by atoms with van der Waals surface area (Å²) in [7, 11) is 2.02. The number of hydrogen-bond donors (Lipinski definition) is 2. The van der Waals surface area contributed by atoms with Crippen molar-refractivity contribution in [1.82, 2.24) is 15.1 Å². The zero-order chi connectivity index (χ0) is 14.9. The van der Waals surface area contributed by atoms with Crippen LogP contribution in [-0.4, -0.2) is 65.2 Å². The zero-order valence-electron chi connectivity index (χ0n) is 12.5. The minimum Gasteiger partial charge on any atom is -0.481 e. The van der Waals surface area contributed by atoms with Crippen molar-refractivity contribution in [1.29, 1.82) is 0 Å². The molecule has 0 aliphatic carbocycles. The Balaban J connectivity index is 1.83. The first-order valence-corrected chi connectivity index (χ1v) is 7.41. The van der Waals surface area contributed by atoms with Crippen LogP contribution in [0.25, 0.3) is 0 Å². The quantitative estimate of drug-likeness (QED) is 0.788. The van der Waals surface area contributed by atoms with Gasteiger partial charge >= 0.3 is 12.0 Å². The van der Waals surface area contributed by atoms with E-state index in [0.29, 0.717) is 19.0 Å². The lowest BCUT2D eigenvalue weighted by Gasteiger charge is -2.25. The number of likely N-dealkylation sites (N-methyl/N-ethyl adjacent to an activating group) is 1. The van der Waals surface area contributed by atoms with E-state index < -0.39 is 5.97 Å². The summed E-state index contributed by atoms with van der Waals surface area (Å²) in [6, 6.07) is 0.355. The molecule has 2 fully saturated rings. The Morgan fingerprint density at radius 3 is 2.65 bits per heavy atom. The van der Waals surface area contributed by atoms with Gasteiger partial charge in [0.25, 0.3) is 0 Å². The van der Waals surface area contributed by atoms with Gasteiger partial charge in [0.05, 0.1) is 5.92 Å². The van der Waals surface area contributed by atoms with Gasteiger partial charge in [0, 0.05) is 31.2 Å². The first kappa shape index (κ1) is 15.1. The summed E-state index contributed by atoms with van der Waals surface area (Å²) < 4.78 is 0. The number of rotatable bonds is 5. The zero-order valence-corrected chi connectivity index (χ0v) is 12.5. The van der Waals surface area contributed by atoms with E-state index in [-0.39, 0.29) is 24.0 Å². The Hall–Kier alpha value is -1.30. The van der Waals surface area contributed by atoms with E-state index in [4.69, 9.17) is 0 Å². The third-order valence-electron chi connectivity index (χ3n) is 4.71. The second-order valence-corrected chi connectivity index (χ2v) is 6.19. The molecule has 2 rings (SSSR count). The van der Waals surface area contributed by atoms with Crippen LogP contribution in [0.15, 0.2) is 0 Å². The van der Waals surface area contributed by atoms with Crippen LogP contribution in [0.1, 0.15) is 33.1 Å². The van der Waals surface area contributed by atoms with Crippen molar-refractivity contribution >= 4 is 12.0 Å².